The molecular formula is C23H32N2O3S. The molecule has 4 saturated carbocycles. The molecule has 5 aliphatic rings. The standard InChI is InChI=1S/C23H32N2O3S/c1-15-5-6-20(29(27,28)25-7-3-2-4-8-25)14-21(15)23(26)24-22-18-10-16-9-17(12-18)13-19(22)11-16/h5-6,14,16-19,22H,2-4,7-13H2,1H3,(H,24,26). The zero-order valence-electron chi connectivity index (χ0n) is 17.3. The highest BCUT2D eigenvalue weighted by atomic mass is 32.2. The smallest absolute Gasteiger partial charge is 0.251 e. The average Bonchev–Trinajstić information content (AvgIpc) is 2.71. The zero-order valence-corrected chi connectivity index (χ0v) is 18.1. The van der Waals surface area contributed by atoms with Crippen molar-refractivity contribution in [1.29, 1.82) is 0 Å². The van der Waals surface area contributed by atoms with E-state index in [1.807, 2.05) is 6.92 Å². The van der Waals surface area contributed by atoms with Crippen molar-refractivity contribution in [1.82, 2.24) is 9.62 Å². The van der Waals surface area contributed by atoms with Crippen LogP contribution in [0.2, 0.25) is 0 Å². The summed E-state index contributed by atoms with van der Waals surface area (Å²) < 4.78 is 27.7. The lowest BCUT2D eigenvalue weighted by atomic mass is 9.54. The summed E-state index contributed by atoms with van der Waals surface area (Å²) in [6.07, 6.45) is 9.29. The van der Waals surface area contributed by atoms with E-state index in [0.29, 0.717) is 30.5 Å². The molecule has 5 nitrogen and oxygen atoms in total. The fourth-order valence-electron chi connectivity index (χ4n) is 6.65. The van der Waals surface area contributed by atoms with Crippen LogP contribution in [0.1, 0.15) is 67.3 Å². The third-order valence-corrected chi connectivity index (χ3v) is 9.83. The molecule has 29 heavy (non-hydrogen) atoms. The predicted molar refractivity (Wildman–Crippen MR) is 112 cm³/mol. The van der Waals surface area contributed by atoms with E-state index in [4.69, 9.17) is 0 Å². The Labute approximate surface area is 174 Å². The number of piperidine rings is 1. The molecule has 5 fully saturated rings. The Hall–Kier alpha value is -1.40. The van der Waals surface area contributed by atoms with Crippen LogP contribution in [0.25, 0.3) is 0 Å². The summed E-state index contributed by atoms with van der Waals surface area (Å²) in [4.78, 5) is 13.4. The van der Waals surface area contributed by atoms with Gasteiger partial charge in [0.15, 0.2) is 0 Å². The number of aryl methyl sites for hydroxylation is 1. The monoisotopic (exact) mass is 416 g/mol. The van der Waals surface area contributed by atoms with E-state index in [1.54, 1.807) is 22.5 Å². The minimum atomic E-state index is -3.53. The number of sulfonamides is 1. The van der Waals surface area contributed by atoms with Gasteiger partial charge in [-0.25, -0.2) is 8.42 Å². The number of benzene rings is 1. The van der Waals surface area contributed by atoms with Crippen LogP contribution in [0.3, 0.4) is 0 Å². The molecule has 4 bridgehead atoms. The van der Waals surface area contributed by atoms with Gasteiger partial charge in [-0.2, -0.15) is 4.31 Å². The largest absolute Gasteiger partial charge is 0.349 e. The Kier molecular flexibility index (Phi) is 4.98. The quantitative estimate of drug-likeness (QED) is 0.813. The summed E-state index contributed by atoms with van der Waals surface area (Å²) in [5.74, 6) is 2.85. The van der Waals surface area contributed by atoms with Crippen LogP contribution >= 0.6 is 0 Å². The Morgan fingerprint density at radius 1 is 0.966 bits per heavy atom. The van der Waals surface area contributed by atoms with Crippen LogP contribution in [-0.2, 0) is 10.0 Å². The number of nitrogens with one attached hydrogen (secondary N) is 1. The first-order valence-corrected chi connectivity index (χ1v) is 12.8. The molecule has 1 aliphatic heterocycles. The third kappa shape index (κ3) is 3.52. The second-order valence-electron chi connectivity index (χ2n) is 9.87. The predicted octanol–water partition coefficient (Wildman–Crippen LogP) is 3.72. The minimum Gasteiger partial charge on any atom is -0.349 e. The number of carbonyl (C=O) groups is 1. The third-order valence-electron chi connectivity index (χ3n) is 7.93. The summed E-state index contributed by atoms with van der Waals surface area (Å²) in [7, 11) is -3.53. The Morgan fingerprint density at radius 3 is 2.21 bits per heavy atom. The van der Waals surface area contributed by atoms with Crippen LogP contribution in [0.5, 0.6) is 0 Å². The highest BCUT2D eigenvalue weighted by Crippen LogP contribution is 2.53. The maximum atomic E-state index is 13.2. The topological polar surface area (TPSA) is 66.5 Å². The molecule has 0 radical (unpaired) electrons. The van der Waals surface area contributed by atoms with Gasteiger partial charge in [-0.1, -0.05) is 12.5 Å². The lowest BCUT2D eigenvalue weighted by Crippen LogP contribution is -2.55. The molecule has 1 aromatic rings. The van der Waals surface area contributed by atoms with Gasteiger partial charge in [-0.3, -0.25) is 4.79 Å². The van der Waals surface area contributed by atoms with Crippen molar-refractivity contribution in [3.05, 3.63) is 29.3 Å². The van der Waals surface area contributed by atoms with E-state index in [0.717, 1.165) is 36.7 Å². The summed E-state index contributed by atoms with van der Waals surface area (Å²) in [5.41, 5.74) is 1.35. The van der Waals surface area contributed by atoms with Crippen LogP contribution in [0.15, 0.2) is 23.1 Å². The number of hydrogen-bond donors (Lipinski definition) is 1. The summed E-state index contributed by atoms with van der Waals surface area (Å²) >= 11 is 0. The summed E-state index contributed by atoms with van der Waals surface area (Å²) in [5, 5.41) is 3.33. The van der Waals surface area contributed by atoms with E-state index < -0.39 is 10.0 Å². The van der Waals surface area contributed by atoms with Gasteiger partial charge in [-0.05, 0) is 93.2 Å². The molecule has 1 N–H and O–H groups in total. The number of carbonyl (C=O) groups excluding carboxylic acids is 1. The number of nitrogens with zero attached hydrogens (tertiary/aromatic N) is 1. The van der Waals surface area contributed by atoms with Gasteiger partial charge in [0.05, 0.1) is 4.90 Å². The van der Waals surface area contributed by atoms with Crippen LogP contribution in [0.4, 0.5) is 0 Å². The van der Waals surface area contributed by atoms with Crippen molar-refractivity contribution in [3.8, 4) is 0 Å². The molecular weight excluding hydrogens is 384 g/mol. The highest BCUT2D eigenvalue weighted by molar-refractivity contribution is 7.89. The molecule has 1 aromatic carbocycles. The summed E-state index contributed by atoms with van der Waals surface area (Å²) in [6.45, 7) is 3.04. The summed E-state index contributed by atoms with van der Waals surface area (Å²) in [6, 6.07) is 5.30. The maximum Gasteiger partial charge on any atom is 0.251 e. The van der Waals surface area contributed by atoms with Crippen LogP contribution < -0.4 is 5.32 Å². The fraction of sp³-hybridized carbons (Fsp3) is 0.696. The SMILES string of the molecule is Cc1ccc(S(=O)(=O)N2CCCCC2)cc1C(=O)NC1C2CC3CC(C2)CC1C3. The van der Waals surface area contributed by atoms with Crippen molar-refractivity contribution in [2.24, 2.45) is 23.7 Å². The van der Waals surface area contributed by atoms with Crippen molar-refractivity contribution >= 4 is 15.9 Å². The van der Waals surface area contributed by atoms with Crippen molar-refractivity contribution < 1.29 is 13.2 Å². The van der Waals surface area contributed by atoms with E-state index in [1.165, 1.54) is 32.1 Å². The number of hydrogen-bond acceptors (Lipinski definition) is 3. The Morgan fingerprint density at radius 2 is 1.59 bits per heavy atom. The minimum absolute atomic E-state index is 0.101. The van der Waals surface area contributed by atoms with Crippen molar-refractivity contribution in [3.63, 3.8) is 0 Å². The molecule has 1 saturated heterocycles. The molecule has 0 atom stereocenters. The Balaban J connectivity index is 1.37. The van der Waals surface area contributed by atoms with Gasteiger partial charge in [0.25, 0.3) is 5.91 Å². The second kappa shape index (κ2) is 7.38. The van der Waals surface area contributed by atoms with Gasteiger partial charge < -0.3 is 5.32 Å². The normalized spacial score (nSPS) is 34.3. The van der Waals surface area contributed by atoms with Crippen molar-refractivity contribution in [2.75, 3.05) is 13.1 Å². The molecule has 158 valence electrons. The van der Waals surface area contributed by atoms with E-state index in [9.17, 15) is 13.2 Å². The number of amides is 1. The molecule has 0 spiro atoms. The molecule has 6 heteroatoms. The molecule has 0 aromatic heterocycles. The average molecular weight is 417 g/mol. The molecule has 6 rings (SSSR count). The van der Waals surface area contributed by atoms with Crippen molar-refractivity contribution in [2.45, 2.75) is 69.2 Å². The lowest BCUT2D eigenvalue weighted by Gasteiger charge is -2.54. The van der Waals surface area contributed by atoms with Gasteiger partial charge in [0.1, 0.15) is 0 Å². The van der Waals surface area contributed by atoms with Gasteiger partial charge >= 0.3 is 0 Å². The Bertz CT molecular complexity index is 877. The molecule has 1 amide bonds. The molecule has 1 heterocycles. The van der Waals surface area contributed by atoms with E-state index in [2.05, 4.69) is 5.32 Å². The second-order valence-corrected chi connectivity index (χ2v) is 11.8. The lowest BCUT2D eigenvalue weighted by molar-refractivity contribution is -0.0119. The van der Waals surface area contributed by atoms with Crippen LogP contribution in [0, 0.1) is 30.6 Å². The fourth-order valence-corrected chi connectivity index (χ4v) is 8.19. The van der Waals surface area contributed by atoms with E-state index in [-0.39, 0.29) is 16.8 Å². The zero-order chi connectivity index (χ0) is 20.2. The number of rotatable bonds is 4. The first kappa shape index (κ1) is 19.6. The molecule has 4 aliphatic carbocycles. The first-order chi connectivity index (χ1) is 13.9. The van der Waals surface area contributed by atoms with Gasteiger partial charge in [-0.15, -0.1) is 0 Å². The van der Waals surface area contributed by atoms with Gasteiger partial charge in [0.2, 0.25) is 10.0 Å². The first-order valence-electron chi connectivity index (χ1n) is 11.3. The van der Waals surface area contributed by atoms with Crippen LogP contribution in [-0.4, -0.2) is 37.8 Å². The molecule has 0 unspecified atom stereocenters. The maximum absolute atomic E-state index is 13.2. The highest BCUT2D eigenvalue weighted by Gasteiger charge is 2.48. The van der Waals surface area contributed by atoms with E-state index >= 15 is 0 Å². The van der Waals surface area contributed by atoms with Gasteiger partial charge in [0, 0.05) is 24.7 Å².